The van der Waals surface area contributed by atoms with Crippen molar-refractivity contribution in [3.63, 3.8) is 0 Å². The number of nitrogens with two attached hydrogens (primary N) is 1. The van der Waals surface area contributed by atoms with Crippen molar-refractivity contribution >= 4 is 0 Å². The molecular formula is C11H16N2O. The van der Waals surface area contributed by atoms with Crippen LogP contribution < -0.4 is 5.73 Å². The number of ether oxygens (including phenoxy) is 1. The first-order chi connectivity index (χ1) is 6.88. The number of hydrogen-bond acceptors (Lipinski definition) is 3. The van der Waals surface area contributed by atoms with Gasteiger partial charge in [0.25, 0.3) is 0 Å². The summed E-state index contributed by atoms with van der Waals surface area (Å²) in [5.74, 6) is 0.684. The van der Waals surface area contributed by atoms with Crippen molar-refractivity contribution in [1.29, 1.82) is 0 Å². The second kappa shape index (κ2) is 4.53. The van der Waals surface area contributed by atoms with E-state index in [4.69, 9.17) is 10.5 Å². The average molecular weight is 192 g/mol. The molecule has 14 heavy (non-hydrogen) atoms. The molecule has 76 valence electrons. The first-order valence-corrected chi connectivity index (χ1v) is 5.10. The molecule has 0 aliphatic heterocycles. The van der Waals surface area contributed by atoms with E-state index < -0.39 is 0 Å². The largest absolute Gasteiger partial charge is 0.372 e. The molecule has 0 atom stereocenters. The fourth-order valence-corrected chi connectivity index (χ4v) is 1.69. The summed E-state index contributed by atoms with van der Waals surface area (Å²) in [5.41, 5.74) is 6.54. The summed E-state index contributed by atoms with van der Waals surface area (Å²) in [4.78, 5) is 4.20. The van der Waals surface area contributed by atoms with E-state index in [0.29, 0.717) is 18.6 Å². The summed E-state index contributed by atoms with van der Waals surface area (Å²) in [5, 5.41) is 0. The van der Waals surface area contributed by atoms with Crippen LogP contribution in [0.15, 0.2) is 24.4 Å². The van der Waals surface area contributed by atoms with Crippen LogP contribution in [0.4, 0.5) is 0 Å². The summed E-state index contributed by atoms with van der Waals surface area (Å²) in [7, 11) is 0. The molecule has 2 rings (SSSR count). The molecule has 0 saturated heterocycles. The fraction of sp³-hybridized carbons (Fsp3) is 0.545. The maximum absolute atomic E-state index is 5.68. The normalized spacial score (nSPS) is 25.8. The summed E-state index contributed by atoms with van der Waals surface area (Å²) in [6.45, 7) is 1.42. The first-order valence-electron chi connectivity index (χ1n) is 5.10. The molecule has 3 heteroatoms. The van der Waals surface area contributed by atoms with Gasteiger partial charge in [0.1, 0.15) is 0 Å². The molecule has 0 spiro atoms. The third kappa shape index (κ3) is 2.30. The van der Waals surface area contributed by atoms with Crippen molar-refractivity contribution in [2.75, 3.05) is 6.54 Å². The third-order valence-electron chi connectivity index (χ3n) is 2.72. The van der Waals surface area contributed by atoms with E-state index in [1.54, 1.807) is 6.20 Å². The van der Waals surface area contributed by atoms with Crippen molar-refractivity contribution in [3.05, 3.63) is 30.1 Å². The molecule has 1 aliphatic rings. The lowest BCUT2D eigenvalue weighted by Gasteiger charge is -2.34. The van der Waals surface area contributed by atoms with Gasteiger partial charge < -0.3 is 10.5 Å². The highest BCUT2D eigenvalue weighted by molar-refractivity contribution is 5.02. The van der Waals surface area contributed by atoms with Crippen LogP contribution in [-0.2, 0) is 11.3 Å². The maximum Gasteiger partial charge on any atom is 0.0891 e. The molecule has 0 bridgehead atoms. The van der Waals surface area contributed by atoms with Gasteiger partial charge in [0.05, 0.1) is 18.4 Å². The zero-order valence-electron chi connectivity index (χ0n) is 8.23. The quantitative estimate of drug-likeness (QED) is 0.783. The Morgan fingerprint density at radius 2 is 2.29 bits per heavy atom. The lowest BCUT2D eigenvalue weighted by atomic mass is 9.82. The van der Waals surface area contributed by atoms with E-state index >= 15 is 0 Å². The zero-order chi connectivity index (χ0) is 9.80. The predicted molar refractivity (Wildman–Crippen MR) is 54.6 cm³/mol. The zero-order valence-corrected chi connectivity index (χ0v) is 8.23. The monoisotopic (exact) mass is 192 g/mol. The highest BCUT2D eigenvalue weighted by atomic mass is 16.5. The maximum atomic E-state index is 5.68. The van der Waals surface area contributed by atoms with Crippen molar-refractivity contribution in [2.24, 2.45) is 11.7 Å². The van der Waals surface area contributed by atoms with Crippen molar-refractivity contribution in [2.45, 2.75) is 25.6 Å². The average Bonchev–Trinajstić information content (AvgIpc) is 2.17. The molecule has 1 fully saturated rings. The number of nitrogens with zero attached hydrogens (tertiary/aromatic N) is 1. The van der Waals surface area contributed by atoms with Crippen LogP contribution in [0.2, 0.25) is 0 Å². The molecule has 2 N–H and O–H groups in total. The number of aromatic nitrogens is 1. The molecule has 1 heterocycles. The van der Waals surface area contributed by atoms with Gasteiger partial charge in [-0.25, -0.2) is 0 Å². The Labute approximate surface area is 84.3 Å². The molecule has 0 amide bonds. The topological polar surface area (TPSA) is 48.1 Å². The van der Waals surface area contributed by atoms with Crippen LogP contribution in [0.25, 0.3) is 0 Å². The standard InChI is InChI=1S/C11H16N2O/c12-7-9-5-11(6-9)14-8-10-3-1-2-4-13-10/h1-4,9,11H,5-8,12H2. The van der Waals surface area contributed by atoms with E-state index in [-0.39, 0.29) is 0 Å². The van der Waals surface area contributed by atoms with E-state index in [9.17, 15) is 0 Å². The summed E-state index contributed by atoms with van der Waals surface area (Å²) >= 11 is 0. The van der Waals surface area contributed by atoms with Crippen LogP contribution in [0.1, 0.15) is 18.5 Å². The Morgan fingerprint density at radius 1 is 1.43 bits per heavy atom. The highest BCUT2D eigenvalue weighted by Gasteiger charge is 2.28. The van der Waals surface area contributed by atoms with Gasteiger partial charge in [-0.15, -0.1) is 0 Å². The Morgan fingerprint density at radius 3 is 2.93 bits per heavy atom. The van der Waals surface area contributed by atoms with Crippen LogP contribution in [-0.4, -0.2) is 17.6 Å². The van der Waals surface area contributed by atoms with Crippen molar-refractivity contribution in [1.82, 2.24) is 4.98 Å². The first kappa shape index (κ1) is 9.62. The Bertz CT molecular complexity index is 270. The smallest absolute Gasteiger partial charge is 0.0891 e. The van der Waals surface area contributed by atoms with E-state index in [1.165, 1.54) is 0 Å². The van der Waals surface area contributed by atoms with Crippen molar-refractivity contribution < 1.29 is 4.74 Å². The third-order valence-corrected chi connectivity index (χ3v) is 2.72. The molecule has 1 aromatic rings. The predicted octanol–water partition coefficient (Wildman–Crippen LogP) is 1.34. The SMILES string of the molecule is NCC1CC(OCc2ccccn2)C1. The highest BCUT2D eigenvalue weighted by Crippen LogP contribution is 2.29. The van der Waals surface area contributed by atoms with Gasteiger partial charge in [-0.05, 0) is 37.4 Å². The van der Waals surface area contributed by atoms with Gasteiger partial charge in [-0.3, -0.25) is 4.98 Å². The Hall–Kier alpha value is -0.930. The van der Waals surface area contributed by atoms with Gasteiger partial charge in [-0.1, -0.05) is 6.07 Å². The summed E-state index contributed by atoms with van der Waals surface area (Å²) < 4.78 is 5.68. The molecule has 0 radical (unpaired) electrons. The minimum atomic E-state index is 0.408. The molecule has 1 aliphatic carbocycles. The van der Waals surface area contributed by atoms with Gasteiger partial charge in [0, 0.05) is 6.20 Å². The van der Waals surface area contributed by atoms with Gasteiger partial charge >= 0.3 is 0 Å². The lowest BCUT2D eigenvalue weighted by Crippen LogP contribution is -2.35. The fourth-order valence-electron chi connectivity index (χ4n) is 1.69. The number of pyridine rings is 1. The second-order valence-corrected chi connectivity index (χ2v) is 3.83. The van der Waals surface area contributed by atoms with Crippen LogP contribution in [0.3, 0.4) is 0 Å². The Kier molecular flexibility index (Phi) is 3.11. The molecule has 0 unspecified atom stereocenters. The molecule has 0 aromatic carbocycles. The summed E-state index contributed by atoms with van der Waals surface area (Å²) in [6.07, 6.45) is 4.43. The van der Waals surface area contributed by atoms with Crippen LogP contribution in [0, 0.1) is 5.92 Å². The van der Waals surface area contributed by atoms with E-state index in [0.717, 1.165) is 25.1 Å². The van der Waals surface area contributed by atoms with E-state index in [2.05, 4.69) is 4.98 Å². The Balaban J connectivity index is 1.69. The number of hydrogen-bond donors (Lipinski definition) is 1. The minimum Gasteiger partial charge on any atom is -0.372 e. The second-order valence-electron chi connectivity index (χ2n) is 3.83. The van der Waals surface area contributed by atoms with Crippen molar-refractivity contribution in [3.8, 4) is 0 Å². The lowest BCUT2D eigenvalue weighted by molar-refractivity contribution is -0.0387. The molecule has 3 nitrogen and oxygen atoms in total. The van der Waals surface area contributed by atoms with Crippen LogP contribution in [0.5, 0.6) is 0 Å². The molecule has 1 saturated carbocycles. The molecule has 1 aromatic heterocycles. The van der Waals surface area contributed by atoms with Gasteiger partial charge in [0.15, 0.2) is 0 Å². The van der Waals surface area contributed by atoms with Crippen LogP contribution >= 0.6 is 0 Å². The minimum absolute atomic E-state index is 0.408. The number of rotatable bonds is 4. The van der Waals surface area contributed by atoms with Gasteiger partial charge in [-0.2, -0.15) is 0 Å². The molecular weight excluding hydrogens is 176 g/mol. The van der Waals surface area contributed by atoms with E-state index in [1.807, 2.05) is 18.2 Å². The summed E-state index contributed by atoms with van der Waals surface area (Å²) in [6, 6.07) is 5.88. The van der Waals surface area contributed by atoms with Gasteiger partial charge in [0.2, 0.25) is 0 Å².